The highest BCUT2D eigenvalue weighted by atomic mass is 35.5. The summed E-state index contributed by atoms with van der Waals surface area (Å²) in [6.45, 7) is 2.40. The number of amides is 4. The topological polar surface area (TPSA) is 128 Å². The van der Waals surface area contributed by atoms with Gasteiger partial charge in [0.05, 0.1) is 17.2 Å². The number of imide groups is 2. The van der Waals surface area contributed by atoms with Crippen molar-refractivity contribution in [1.29, 1.82) is 0 Å². The van der Waals surface area contributed by atoms with Crippen LogP contribution in [0.15, 0.2) is 72.3 Å². The Kier molecular flexibility index (Phi) is 7.49. The summed E-state index contributed by atoms with van der Waals surface area (Å²) in [4.78, 5) is 49.2. The Morgan fingerprint density at radius 3 is 2.46 bits per heavy atom. The van der Waals surface area contributed by atoms with E-state index < -0.39 is 22.8 Å². The number of barbiturate groups is 1. The predicted molar refractivity (Wildman–Crippen MR) is 135 cm³/mol. The smallest absolute Gasteiger partial charge is 0.335 e. The van der Waals surface area contributed by atoms with Gasteiger partial charge in [-0.1, -0.05) is 35.9 Å². The van der Waals surface area contributed by atoms with E-state index >= 15 is 0 Å². The second kappa shape index (κ2) is 10.9. The highest BCUT2D eigenvalue weighted by Gasteiger charge is 2.37. The van der Waals surface area contributed by atoms with E-state index in [1.807, 2.05) is 12.1 Å². The van der Waals surface area contributed by atoms with Gasteiger partial charge in [0, 0.05) is 17.2 Å². The molecule has 1 aliphatic heterocycles. The average molecular weight is 522 g/mol. The lowest BCUT2D eigenvalue weighted by atomic mass is 10.1. The number of nitro groups is 1. The molecule has 188 valence electrons. The fourth-order valence-corrected chi connectivity index (χ4v) is 3.67. The summed E-state index contributed by atoms with van der Waals surface area (Å²) >= 11 is 5.92. The number of hydrogen-bond donors (Lipinski definition) is 1. The number of anilines is 1. The summed E-state index contributed by atoms with van der Waals surface area (Å²) in [5.74, 6) is -0.971. The first-order valence-electron chi connectivity index (χ1n) is 11.1. The molecule has 4 amide bonds. The largest absolute Gasteiger partial charge is 0.490 e. The van der Waals surface area contributed by atoms with Crippen LogP contribution in [0.25, 0.3) is 6.08 Å². The number of non-ortho nitro benzene ring substituents is 1. The first kappa shape index (κ1) is 25.4. The maximum atomic E-state index is 13.1. The third-order valence-corrected chi connectivity index (χ3v) is 5.54. The van der Waals surface area contributed by atoms with Crippen LogP contribution in [0.1, 0.15) is 18.1 Å². The molecule has 1 saturated heterocycles. The minimum Gasteiger partial charge on any atom is -0.490 e. The second-order valence-corrected chi connectivity index (χ2v) is 8.23. The van der Waals surface area contributed by atoms with E-state index in [1.54, 1.807) is 37.3 Å². The summed E-state index contributed by atoms with van der Waals surface area (Å²) in [7, 11) is 0. The van der Waals surface area contributed by atoms with Crippen molar-refractivity contribution in [2.45, 2.75) is 13.5 Å². The van der Waals surface area contributed by atoms with Crippen LogP contribution in [-0.2, 0) is 16.2 Å². The second-order valence-electron chi connectivity index (χ2n) is 7.79. The van der Waals surface area contributed by atoms with E-state index in [1.165, 1.54) is 24.3 Å². The maximum absolute atomic E-state index is 13.1. The molecule has 10 nitrogen and oxygen atoms in total. The lowest BCUT2D eigenvalue weighted by Gasteiger charge is -2.26. The Balaban J connectivity index is 1.62. The molecule has 11 heteroatoms. The Morgan fingerprint density at radius 1 is 1.00 bits per heavy atom. The van der Waals surface area contributed by atoms with Gasteiger partial charge >= 0.3 is 6.03 Å². The minimum atomic E-state index is -1.01. The van der Waals surface area contributed by atoms with E-state index in [0.717, 1.165) is 11.6 Å². The fourth-order valence-electron chi connectivity index (χ4n) is 3.55. The summed E-state index contributed by atoms with van der Waals surface area (Å²) in [6.07, 6.45) is 1.31. The molecule has 0 atom stereocenters. The van der Waals surface area contributed by atoms with Crippen molar-refractivity contribution in [3.63, 3.8) is 0 Å². The van der Waals surface area contributed by atoms with Gasteiger partial charge in [0.2, 0.25) is 0 Å². The molecule has 1 heterocycles. The highest BCUT2D eigenvalue weighted by Crippen LogP contribution is 2.31. The molecule has 3 aromatic rings. The first-order valence-corrected chi connectivity index (χ1v) is 11.4. The number of nitrogens with one attached hydrogen (secondary N) is 1. The highest BCUT2D eigenvalue weighted by molar-refractivity contribution is 6.39. The van der Waals surface area contributed by atoms with Crippen molar-refractivity contribution in [2.75, 3.05) is 11.5 Å². The molecular weight excluding hydrogens is 502 g/mol. The first-order chi connectivity index (χ1) is 17.8. The Morgan fingerprint density at radius 2 is 1.76 bits per heavy atom. The molecule has 1 aliphatic rings. The number of rotatable bonds is 8. The fraction of sp³-hybridized carbons (Fsp3) is 0.115. The number of carbonyl (C=O) groups excluding carboxylic acids is 3. The van der Waals surface area contributed by atoms with Gasteiger partial charge < -0.3 is 9.47 Å². The summed E-state index contributed by atoms with van der Waals surface area (Å²) in [5, 5.41) is 13.8. The molecule has 0 radical (unpaired) electrons. The molecular formula is C26H20ClN3O7. The van der Waals surface area contributed by atoms with Crippen LogP contribution in [0, 0.1) is 10.1 Å². The number of nitrogens with zero attached hydrogens (tertiary/aromatic N) is 2. The number of carbonyl (C=O) groups is 3. The van der Waals surface area contributed by atoms with Gasteiger partial charge in [-0.3, -0.25) is 25.0 Å². The molecule has 0 bridgehead atoms. The third-order valence-electron chi connectivity index (χ3n) is 5.29. The van der Waals surface area contributed by atoms with E-state index in [9.17, 15) is 24.5 Å². The van der Waals surface area contributed by atoms with Gasteiger partial charge in [0.1, 0.15) is 12.2 Å². The number of nitro benzene ring substituents is 1. The molecule has 37 heavy (non-hydrogen) atoms. The van der Waals surface area contributed by atoms with Crippen LogP contribution in [0.3, 0.4) is 0 Å². The Labute approximate surface area is 216 Å². The molecule has 0 saturated carbocycles. The lowest BCUT2D eigenvalue weighted by molar-refractivity contribution is -0.384. The molecule has 1 fully saturated rings. The van der Waals surface area contributed by atoms with Crippen LogP contribution in [0.4, 0.5) is 16.2 Å². The van der Waals surface area contributed by atoms with Crippen molar-refractivity contribution >= 4 is 46.9 Å². The maximum Gasteiger partial charge on any atom is 0.335 e. The van der Waals surface area contributed by atoms with Crippen molar-refractivity contribution < 1.29 is 28.8 Å². The molecule has 0 aliphatic carbocycles. The quantitative estimate of drug-likeness (QED) is 0.193. The van der Waals surface area contributed by atoms with Gasteiger partial charge in [-0.25, -0.2) is 9.69 Å². The van der Waals surface area contributed by atoms with Gasteiger partial charge in [-0.15, -0.1) is 0 Å². The molecule has 3 aromatic carbocycles. The standard InChI is InChI=1S/C26H20ClN3O7/c1-2-36-23-13-17(8-11-22(23)37-15-16-6-9-18(27)10-7-16)12-21-24(31)28-26(33)29(25(21)32)19-4-3-5-20(14-19)30(34)35/h3-14H,2,15H2,1H3,(H,28,31,33)/b21-12+. The minimum absolute atomic E-state index is 0.0453. The number of halogens is 1. The normalized spacial score (nSPS) is 14.5. The molecule has 1 N–H and O–H groups in total. The third kappa shape index (κ3) is 5.76. The van der Waals surface area contributed by atoms with Gasteiger partial charge in [0.25, 0.3) is 17.5 Å². The number of benzene rings is 3. The lowest BCUT2D eigenvalue weighted by Crippen LogP contribution is -2.54. The number of ether oxygens (including phenoxy) is 2. The van der Waals surface area contributed by atoms with Crippen LogP contribution in [-0.4, -0.2) is 29.4 Å². The van der Waals surface area contributed by atoms with Crippen LogP contribution < -0.4 is 19.7 Å². The molecule has 4 rings (SSSR count). The zero-order valence-corrected chi connectivity index (χ0v) is 20.2. The summed E-state index contributed by atoms with van der Waals surface area (Å²) in [5.41, 5.74) is 0.651. The predicted octanol–water partition coefficient (Wildman–Crippen LogP) is 4.89. The van der Waals surface area contributed by atoms with Crippen LogP contribution >= 0.6 is 11.6 Å². The van der Waals surface area contributed by atoms with Crippen molar-refractivity contribution in [2.24, 2.45) is 0 Å². The van der Waals surface area contributed by atoms with Crippen molar-refractivity contribution in [3.8, 4) is 11.5 Å². The zero-order chi connectivity index (χ0) is 26.5. The van der Waals surface area contributed by atoms with Gasteiger partial charge in [-0.05, 0) is 54.5 Å². The zero-order valence-electron chi connectivity index (χ0n) is 19.5. The monoisotopic (exact) mass is 521 g/mol. The number of urea groups is 1. The van der Waals surface area contributed by atoms with E-state index in [0.29, 0.717) is 33.6 Å². The van der Waals surface area contributed by atoms with Crippen LogP contribution in [0.5, 0.6) is 11.5 Å². The van der Waals surface area contributed by atoms with Crippen LogP contribution in [0.2, 0.25) is 5.02 Å². The van der Waals surface area contributed by atoms with E-state index in [-0.39, 0.29) is 23.6 Å². The number of hydrogen-bond acceptors (Lipinski definition) is 7. The summed E-state index contributed by atoms with van der Waals surface area (Å²) in [6, 6.07) is 16.0. The molecule has 0 unspecified atom stereocenters. The van der Waals surface area contributed by atoms with E-state index in [2.05, 4.69) is 5.32 Å². The molecule has 0 aromatic heterocycles. The SMILES string of the molecule is CCOc1cc(/C=C2\C(=O)NC(=O)N(c3cccc([N+](=O)[O-])c3)C2=O)ccc1OCc1ccc(Cl)cc1. The Bertz CT molecular complexity index is 1420. The molecule has 0 spiro atoms. The van der Waals surface area contributed by atoms with E-state index in [4.69, 9.17) is 21.1 Å². The Hall–Kier alpha value is -4.70. The summed E-state index contributed by atoms with van der Waals surface area (Å²) < 4.78 is 11.6. The van der Waals surface area contributed by atoms with Gasteiger partial charge in [0.15, 0.2) is 11.5 Å². The average Bonchev–Trinajstić information content (AvgIpc) is 2.87. The van der Waals surface area contributed by atoms with Gasteiger partial charge in [-0.2, -0.15) is 0 Å². The van der Waals surface area contributed by atoms with Crippen molar-refractivity contribution in [3.05, 3.63) is 98.6 Å². The van der Waals surface area contributed by atoms with Crippen molar-refractivity contribution in [1.82, 2.24) is 5.32 Å².